The van der Waals surface area contributed by atoms with Crippen molar-refractivity contribution >= 4 is 11.7 Å². The molecule has 1 aliphatic heterocycles. The number of carbonyl (C=O) groups excluding carboxylic acids is 1. The molecule has 1 aliphatic rings. The Hall–Kier alpha value is -2.68. The minimum Gasteiger partial charge on any atom is -0.476 e. The van der Waals surface area contributed by atoms with Gasteiger partial charge >= 0.3 is 6.03 Å². The lowest BCUT2D eigenvalue weighted by Gasteiger charge is -2.31. The third kappa shape index (κ3) is 3.62. The number of ether oxygens (including phenoxy) is 2. The number of anilines is 1. The van der Waals surface area contributed by atoms with Crippen molar-refractivity contribution in [3.8, 4) is 5.88 Å². The molecule has 0 radical (unpaired) electrons. The van der Waals surface area contributed by atoms with Gasteiger partial charge in [0.15, 0.2) is 6.10 Å². The summed E-state index contributed by atoms with van der Waals surface area (Å²) in [7, 11) is 0. The monoisotopic (exact) mass is 333 g/mol. The number of aromatic nitrogens is 3. The number of nitrogens with zero attached hydrogens (tertiary/aromatic N) is 4. The molecule has 9 heteroatoms. The SMILES string of the molecule is CCOc1ncccc1NC(=O)N1CCO[C@@H](c2nnc(C)o2)C1. The van der Waals surface area contributed by atoms with Crippen LogP contribution in [0.3, 0.4) is 0 Å². The highest BCUT2D eigenvalue weighted by Crippen LogP contribution is 2.24. The lowest BCUT2D eigenvalue weighted by molar-refractivity contribution is -0.0274. The minimum absolute atomic E-state index is 0.256. The molecule has 3 rings (SSSR count). The van der Waals surface area contributed by atoms with Crippen LogP contribution in [0.15, 0.2) is 22.7 Å². The van der Waals surface area contributed by atoms with Gasteiger partial charge in [-0.3, -0.25) is 0 Å². The van der Waals surface area contributed by atoms with E-state index >= 15 is 0 Å². The first-order valence-corrected chi connectivity index (χ1v) is 7.72. The number of pyridine rings is 1. The van der Waals surface area contributed by atoms with E-state index in [1.807, 2.05) is 6.92 Å². The van der Waals surface area contributed by atoms with Crippen molar-refractivity contribution in [2.75, 3.05) is 31.6 Å². The Kier molecular flexibility index (Phi) is 4.90. The van der Waals surface area contributed by atoms with E-state index in [0.717, 1.165) is 0 Å². The van der Waals surface area contributed by atoms with Crippen molar-refractivity contribution in [1.29, 1.82) is 0 Å². The topological polar surface area (TPSA) is 103 Å². The van der Waals surface area contributed by atoms with Crippen LogP contribution < -0.4 is 10.1 Å². The molecular weight excluding hydrogens is 314 g/mol. The zero-order chi connectivity index (χ0) is 16.9. The van der Waals surface area contributed by atoms with Crippen molar-refractivity contribution in [3.05, 3.63) is 30.1 Å². The van der Waals surface area contributed by atoms with E-state index in [1.54, 1.807) is 30.2 Å². The van der Waals surface area contributed by atoms with Crippen molar-refractivity contribution in [1.82, 2.24) is 20.1 Å². The predicted molar refractivity (Wildman–Crippen MR) is 83.7 cm³/mol. The molecule has 0 spiro atoms. The molecule has 0 saturated carbocycles. The molecule has 0 aliphatic carbocycles. The molecule has 1 N–H and O–H groups in total. The van der Waals surface area contributed by atoms with E-state index < -0.39 is 6.10 Å². The Morgan fingerprint density at radius 2 is 2.38 bits per heavy atom. The van der Waals surface area contributed by atoms with Crippen LogP contribution in [0, 0.1) is 6.92 Å². The van der Waals surface area contributed by atoms with E-state index in [1.165, 1.54) is 0 Å². The van der Waals surface area contributed by atoms with Crippen LogP contribution in [0.4, 0.5) is 10.5 Å². The van der Waals surface area contributed by atoms with Crippen LogP contribution in [0.5, 0.6) is 5.88 Å². The second-order valence-corrected chi connectivity index (χ2v) is 5.18. The van der Waals surface area contributed by atoms with Gasteiger partial charge in [0, 0.05) is 19.7 Å². The van der Waals surface area contributed by atoms with Gasteiger partial charge in [-0.2, -0.15) is 0 Å². The lowest BCUT2D eigenvalue weighted by Crippen LogP contribution is -2.44. The molecule has 2 aromatic rings. The molecule has 1 saturated heterocycles. The summed E-state index contributed by atoms with van der Waals surface area (Å²) >= 11 is 0. The van der Waals surface area contributed by atoms with Gasteiger partial charge in [-0.1, -0.05) is 0 Å². The Balaban J connectivity index is 1.66. The van der Waals surface area contributed by atoms with Crippen molar-refractivity contribution in [2.45, 2.75) is 20.0 Å². The largest absolute Gasteiger partial charge is 0.476 e. The molecule has 0 bridgehead atoms. The second kappa shape index (κ2) is 7.26. The van der Waals surface area contributed by atoms with Gasteiger partial charge in [0.25, 0.3) is 0 Å². The van der Waals surface area contributed by atoms with Crippen LogP contribution in [0.1, 0.15) is 24.8 Å². The van der Waals surface area contributed by atoms with Crippen LogP contribution in [-0.2, 0) is 4.74 Å². The first-order valence-electron chi connectivity index (χ1n) is 7.72. The quantitative estimate of drug-likeness (QED) is 0.909. The number of nitrogens with one attached hydrogen (secondary N) is 1. The number of morpholine rings is 1. The fraction of sp³-hybridized carbons (Fsp3) is 0.467. The standard InChI is InChI=1S/C15H19N5O4/c1-3-22-13-11(5-4-6-16-13)17-15(21)20-7-8-23-12(9-20)14-19-18-10(2)24-14/h4-6,12H,3,7-9H2,1-2H3,(H,17,21)/t12-/m1/s1. The molecule has 2 aromatic heterocycles. The summed E-state index contributed by atoms with van der Waals surface area (Å²) in [5.74, 6) is 1.24. The van der Waals surface area contributed by atoms with Crippen LogP contribution in [0.2, 0.25) is 0 Å². The molecule has 0 unspecified atom stereocenters. The maximum Gasteiger partial charge on any atom is 0.322 e. The lowest BCUT2D eigenvalue weighted by atomic mass is 10.3. The highest BCUT2D eigenvalue weighted by atomic mass is 16.5. The van der Waals surface area contributed by atoms with E-state index in [2.05, 4.69) is 20.5 Å². The van der Waals surface area contributed by atoms with Gasteiger partial charge in [0.1, 0.15) is 5.69 Å². The fourth-order valence-electron chi connectivity index (χ4n) is 2.36. The summed E-state index contributed by atoms with van der Waals surface area (Å²) in [6.07, 6.45) is 1.19. The maximum atomic E-state index is 12.5. The first-order chi connectivity index (χ1) is 11.7. The van der Waals surface area contributed by atoms with Gasteiger partial charge in [-0.15, -0.1) is 10.2 Å². The third-order valence-corrected chi connectivity index (χ3v) is 3.46. The zero-order valence-corrected chi connectivity index (χ0v) is 13.6. The van der Waals surface area contributed by atoms with Gasteiger partial charge in [0.2, 0.25) is 17.7 Å². The van der Waals surface area contributed by atoms with E-state index in [0.29, 0.717) is 49.7 Å². The number of carbonyl (C=O) groups is 1. The fourth-order valence-corrected chi connectivity index (χ4v) is 2.36. The number of rotatable bonds is 4. The third-order valence-electron chi connectivity index (χ3n) is 3.46. The highest BCUT2D eigenvalue weighted by Gasteiger charge is 2.29. The van der Waals surface area contributed by atoms with Crippen LogP contribution in [-0.4, -0.2) is 52.4 Å². The molecule has 3 heterocycles. The summed E-state index contributed by atoms with van der Waals surface area (Å²) in [4.78, 5) is 18.3. The van der Waals surface area contributed by atoms with E-state index in [4.69, 9.17) is 13.9 Å². The Bertz CT molecular complexity index is 705. The molecule has 2 amide bonds. The summed E-state index contributed by atoms with van der Waals surface area (Å²) in [6.45, 7) is 5.24. The molecule has 9 nitrogen and oxygen atoms in total. The smallest absolute Gasteiger partial charge is 0.322 e. The first kappa shape index (κ1) is 16.2. The molecule has 24 heavy (non-hydrogen) atoms. The van der Waals surface area contributed by atoms with Crippen molar-refractivity contribution in [2.24, 2.45) is 0 Å². The number of hydrogen-bond donors (Lipinski definition) is 1. The molecule has 128 valence electrons. The summed E-state index contributed by atoms with van der Waals surface area (Å²) in [6, 6.07) is 3.23. The number of hydrogen-bond acceptors (Lipinski definition) is 7. The Morgan fingerprint density at radius 1 is 1.50 bits per heavy atom. The molecular formula is C15H19N5O4. The number of urea groups is 1. The second-order valence-electron chi connectivity index (χ2n) is 5.18. The molecule has 0 aromatic carbocycles. The summed E-state index contributed by atoms with van der Waals surface area (Å²) in [5.41, 5.74) is 0.529. The van der Waals surface area contributed by atoms with Gasteiger partial charge in [0.05, 0.1) is 19.8 Å². The molecule has 1 fully saturated rings. The predicted octanol–water partition coefficient (Wildman–Crippen LogP) is 1.78. The van der Waals surface area contributed by atoms with Crippen LogP contribution >= 0.6 is 0 Å². The van der Waals surface area contributed by atoms with Gasteiger partial charge in [-0.05, 0) is 19.1 Å². The highest BCUT2D eigenvalue weighted by molar-refractivity contribution is 5.90. The number of amides is 2. The van der Waals surface area contributed by atoms with Crippen molar-refractivity contribution in [3.63, 3.8) is 0 Å². The Morgan fingerprint density at radius 3 is 3.12 bits per heavy atom. The average Bonchev–Trinajstić information content (AvgIpc) is 3.03. The molecule has 1 atom stereocenters. The van der Waals surface area contributed by atoms with E-state index in [9.17, 15) is 4.79 Å². The summed E-state index contributed by atoms with van der Waals surface area (Å²) < 4.78 is 16.4. The normalized spacial score (nSPS) is 17.6. The zero-order valence-electron chi connectivity index (χ0n) is 13.6. The number of aryl methyl sites for hydroxylation is 1. The van der Waals surface area contributed by atoms with Crippen molar-refractivity contribution < 1.29 is 18.7 Å². The summed E-state index contributed by atoms with van der Waals surface area (Å²) in [5, 5.41) is 10.6. The van der Waals surface area contributed by atoms with Gasteiger partial charge < -0.3 is 24.1 Å². The van der Waals surface area contributed by atoms with Crippen LogP contribution in [0.25, 0.3) is 0 Å². The maximum absolute atomic E-state index is 12.5. The van der Waals surface area contributed by atoms with Gasteiger partial charge in [-0.25, -0.2) is 9.78 Å². The minimum atomic E-state index is -0.425. The Labute approximate surface area is 139 Å². The van der Waals surface area contributed by atoms with E-state index in [-0.39, 0.29) is 6.03 Å². The average molecular weight is 333 g/mol.